The van der Waals surface area contributed by atoms with Gasteiger partial charge in [-0.25, -0.2) is 4.79 Å². The van der Waals surface area contributed by atoms with Crippen molar-refractivity contribution in [3.63, 3.8) is 0 Å². The Morgan fingerprint density at radius 1 is 1.00 bits per heavy atom. The number of phenolic OH excluding ortho intramolecular Hbond substituents is 1. The fourth-order valence-electron chi connectivity index (χ4n) is 4.26. The lowest BCUT2D eigenvalue weighted by Crippen LogP contribution is -2.55. The molecule has 0 aliphatic rings. The van der Waals surface area contributed by atoms with Gasteiger partial charge in [0.15, 0.2) is 0 Å². The monoisotopic (exact) mass is 535 g/mol. The fraction of sp³-hybridized carbons (Fsp3) is 0.690. The van der Waals surface area contributed by atoms with E-state index in [2.05, 4.69) is 17.6 Å². The summed E-state index contributed by atoms with van der Waals surface area (Å²) in [7, 11) is 0. The number of aliphatic hydroxyl groups excluding tert-OH is 1. The quantitative estimate of drug-likeness (QED) is 0.225. The molecule has 0 aliphatic carbocycles. The highest BCUT2D eigenvalue weighted by molar-refractivity contribution is 5.92. The summed E-state index contributed by atoms with van der Waals surface area (Å²) in [5.74, 6) is -1.01. The molecule has 216 valence electrons. The smallest absolute Gasteiger partial charge is 0.408 e. The second kappa shape index (κ2) is 16.9. The predicted molar refractivity (Wildman–Crippen MR) is 149 cm³/mol. The number of alkyl carbamates (subject to hydrolysis) is 1. The Morgan fingerprint density at radius 3 is 2.24 bits per heavy atom. The van der Waals surface area contributed by atoms with Crippen LogP contribution in [0.4, 0.5) is 4.79 Å². The minimum absolute atomic E-state index is 0.0283. The van der Waals surface area contributed by atoms with Crippen LogP contribution in [0.5, 0.6) is 5.75 Å². The van der Waals surface area contributed by atoms with Crippen LogP contribution in [-0.4, -0.2) is 63.9 Å². The number of carbonyl (C=O) groups is 3. The minimum atomic E-state index is -1.30. The second-order valence-corrected chi connectivity index (χ2v) is 10.9. The Labute approximate surface area is 228 Å². The van der Waals surface area contributed by atoms with Gasteiger partial charge in [-0.3, -0.25) is 9.59 Å². The molecule has 38 heavy (non-hydrogen) atoms. The number of carbonyl (C=O) groups excluding carboxylic acids is 3. The molecule has 0 radical (unpaired) electrons. The molecule has 0 spiro atoms. The van der Waals surface area contributed by atoms with Crippen LogP contribution in [0.3, 0.4) is 0 Å². The molecule has 3 atom stereocenters. The number of rotatable bonds is 16. The second-order valence-electron chi connectivity index (χ2n) is 10.9. The van der Waals surface area contributed by atoms with Crippen LogP contribution in [0.2, 0.25) is 0 Å². The van der Waals surface area contributed by atoms with Crippen molar-refractivity contribution in [1.29, 1.82) is 0 Å². The third-order valence-corrected chi connectivity index (χ3v) is 6.06. The highest BCUT2D eigenvalue weighted by Gasteiger charge is 2.36. The molecule has 0 saturated carbocycles. The topological polar surface area (TPSA) is 128 Å². The lowest BCUT2D eigenvalue weighted by atomic mass is 10.0. The average Bonchev–Trinajstić information content (AvgIpc) is 2.82. The molecule has 9 heteroatoms. The molecule has 0 fully saturated rings. The van der Waals surface area contributed by atoms with Gasteiger partial charge < -0.3 is 30.5 Å². The number of phenols is 1. The zero-order valence-corrected chi connectivity index (χ0v) is 24.1. The van der Waals surface area contributed by atoms with E-state index in [9.17, 15) is 24.6 Å². The first-order valence-corrected chi connectivity index (χ1v) is 13.9. The van der Waals surface area contributed by atoms with Crippen molar-refractivity contribution in [1.82, 2.24) is 15.5 Å². The van der Waals surface area contributed by atoms with Crippen molar-refractivity contribution in [3.8, 4) is 5.75 Å². The first-order chi connectivity index (χ1) is 17.9. The first kappa shape index (κ1) is 33.2. The number of nitrogens with one attached hydrogen (secondary N) is 2. The van der Waals surface area contributed by atoms with Crippen LogP contribution >= 0.6 is 0 Å². The number of aliphatic hydroxyl groups is 1. The maximum absolute atomic E-state index is 13.8. The van der Waals surface area contributed by atoms with Gasteiger partial charge in [-0.1, -0.05) is 64.5 Å². The molecule has 0 saturated heterocycles. The van der Waals surface area contributed by atoms with E-state index in [1.165, 1.54) is 17.0 Å². The summed E-state index contributed by atoms with van der Waals surface area (Å²) in [6.45, 7) is 10.8. The Morgan fingerprint density at radius 2 is 1.66 bits per heavy atom. The standard InChI is InChI=1S/C29H49N3O6/c1-7-9-10-11-12-13-18-32(27(36)24(20-33)31-28(37)38-29(4,5)6)25(22-16-14-17-23(34)19-22)26(35)30-21(3)15-8-2/h14,16-17,19,21,24-25,33-34H,7-13,15,18,20H2,1-6H3,(H,30,35)(H,31,37). The van der Waals surface area contributed by atoms with Crippen molar-refractivity contribution >= 4 is 17.9 Å². The van der Waals surface area contributed by atoms with Crippen LogP contribution < -0.4 is 10.6 Å². The maximum atomic E-state index is 13.8. The third kappa shape index (κ3) is 12.2. The van der Waals surface area contributed by atoms with Crippen LogP contribution in [0.15, 0.2) is 24.3 Å². The van der Waals surface area contributed by atoms with Crippen LogP contribution in [0, 0.1) is 0 Å². The molecule has 0 aliphatic heterocycles. The molecule has 0 heterocycles. The van der Waals surface area contributed by atoms with E-state index in [0.717, 1.165) is 44.9 Å². The first-order valence-electron chi connectivity index (χ1n) is 13.9. The molecule has 3 amide bonds. The van der Waals surface area contributed by atoms with Crippen LogP contribution in [-0.2, 0) is 14.3 Å². The van der Waals surface area contributed by atoms with Gasteiger partial charge in [-0.15, -0.1) is 0 Å². The summed E-state index contributed by atoms with van der Waals surface area (Å²) in [5.41, 5.74) is -0.343. The number of hydrogen-bond donors (Lipinski definition) is 4. The minimum Gasteiger partial charge on any atom is -0.508 e. The molecule has 4 N–H and O–H groups in total. The Bertz CT molecular complexity index is 870. The third-order valence-electron chi connectivity index (χ3n) is 6.06. The van der Waals surface area contributed by atoms with Crippen molar-refractivity contribution < 1.29 is 29.3 Å². The summed E-state index contributed by atoms with van der Waals surface area (Å²) in [6.07, 6.45) is 6.68. The lowest BCUT2D eigenvalue weighted by Gasteiger charge is -2.34. The molecule has 9 nitrogen and oxygen atoms in total. The highest BCUT2D eigenvalue weighted by Crippen LogP contribution is 2.26. The zero-order valence-electron chi connectivity index (χ0n) is 24.1. The fourth-order valence-corrected chi connectivity index (χ4v) is 4.26. The largest absolute Gasteiger partial charge is 0.508 e. The molecule has 1 rings (SSSR count). The number of hydrogen-bond acceptors (Lipinski definition) is 6. The Kier molecular flexibility index (Phi) is 14.8. The molecular formula is C29H49N3O6. The van der Waals surface area contributed by atoms with Gasteiger partial charge >= 0.3 is 6.09 Å². The molecule has 3 unspecified atom stereocenters. The van der Waals surface area contributed by atoms with Crippen molar-refractivity contribution in [2.24, 2.45) is 0 Å². The summed E-state index contributed by atoms with van der Waals surface area (Å²) in [4.78, 5) is 41.3. The van der Waals surface area contributed by atoms with Gasteiger partial charge in [0.25, 0.3) is 0 Å². The van der Waals surface area contributed by atoms with Gasteiger partial charge in [-0.05, 0) is 58.2 Å². The van der Waals surface area contributed by atoms with Gasteiger partial charge in [0.2, 0.25) is 11.8 Å². The van der Waals surface area contributed by atoms with Gasteiger partial charge in [-0.2, -0.15) is 0 Å². The van der Waals surface area contributed by atoms with E-state index in [4.69, 9.17) is 4.74 Å². The van der Waals surface area contributed by atoms with E-state index in [-0.39, 0.29) is 24.2 Å². The summed E-state index contributed by atoms with van der Waals surface area (Å²) >= 11 is 0. The number of nitrogens with zero attached hydrogens (tertiary/aromatic N) is 1. The number of unbranched alkanes of at least 4 members (excludes halogenated alkanes) is 5. The number of aromatic hydroxyl groups is 1. The summed E-state index contributed by atoms with van der Waals surface area (Å²) < 4.78 is 5.28. The van der Waals surface area contributed by atoms with Crippen molar-refractivity contribution in [3.05, 3.63) is 29.8 Å². The van der Waals surface area contributed by atoms with E-state index < -0.39 is 36.3 Å². The number of ether oxygens (including phenoxy) is 1. The molecule has 1 aromatic rings. The molecule has 0 aromatic heterocycles. The average molecular weight is 536 g/mol. The molecule has 0 bridgehead atoms. The van der Waals surface area contributed by atoms with Gasteiger partial charge in [0.1, 0.15) is 23.4 Å². The Hall–Kier alpha value is -2.81. The van der Waals surface area contributed by atoms with E-state index in [1.54, 1.807) is 32.9 Å². The Balaban J connectivity index is 3.34. The van der Waals surface area contributed by atoms with Gasteiger partial charge in [0, 0.05) is 12.6 Å². The van der Waals surface area contributed by atoms with Crippen LogP contribution in [0.25, 0.3) is 0 Å². The highest BCUT2D eigenvalue weighted by atomic mass is 16.6. The molecular weight excluding hydrogens is 486 g/mol. The van der Waals surface area contributed by atoms with Crippen molar-refractivity contribution in [2.45, 2.75) is 117 Å². The summed E-state index contributed by atoms with van der Waals surface area (Å²) in [6, 6.07) is 3.79. The lowest BCUT2D eigenvalue weighted by molar-refractivity contribution is -0.143. The van der Waals surface area contributed by atoms with E-state index in [0.29, 0.717) is 12.0 Å². The molecule has 1 aromatic carbocycles. The number of amides is 3. The number of benzene rings is 1. The zero-order chi connectivity index (χ0) is 28.7. The SMILES string of the molecule is CCCCCCCCN(C(=O)C(CO)NC(=O)OC(C)(C)C)C(C(=O)NC(C)CCC)c1cccc(O)c1. The van der Waals surface area contributed by atoms with E-state index in [1.807, 2.05) is 13.8 Å². The predicted octanol–water partition coefficient (Wildman–Crippen LogP) is 4.81. The van der Waals surface area contributed by atoms with Crippen molar-refractivity contribution in [2.75, 3.05) is 13.2 Å². The van der Waals surface area contributed by atoms with Crippen LogP contribution in [0.1, 0.15) is 105 Å². The normalized spacial score (nSPS) is 13.8. The van der Waals surface area contributed by atoms with Gasteiger partial charge in [0.05, 0.1) is 6.61 Å². The summed E-state index contributed by atoms with van der Waals surface area (Å²) in [5, 5.41) is 25.7. The van der Waals surface area contributed by atoms with E-state index >= 15 is 0 Å². The maximum Gasteiger partial charge on any atom is 0.408 e.